The third-order valence-electron chi connectivity index (χ3n) is 7.49. The van der Waals surface area contributed by atoms with Gasteiger partial charge in [-0.05, 0) is 67.4 Å². The number of methoxy groups -OCH3 is 5. The third-order valence-corrected chi connectivity index (χ3v) is 32.3. The van der Waals surface area contributed by atoms with Gasteiger partial charge in [-0.1, -0.05) is 0 Å². The van der Waals surface area contributed by atoms with E-state index in [1.54, 1.807) is 35.5 Å². The Balaban J connectivity index is 3.98. The molecule has 0 bridgehead atoms. The summed E-state index contributed by atoms with van der Waals surface area (Å²) in [7, 11) is -7.31. The van der Waals surface area contributed by atoms with Crippen molar-refractivity contribution in [2.75, 3.05) is 35.5 Å². The molecule has 210 valence electrons. The second-order valence-corrected chi connectivity index (χ2v) is 28.3. The molecule has 0 saturated carbocycles. The Morgan fingerprint density at radius 3 is 0.543 bits per heavy atom. The summed E-state index contributed by atoms with van der Waals surface area (Å²) in [4.78, 5) is 0. The lowest BCUT2D eigenvalue weighted by Crippen LogP contribution is -2.76. The molecule has 1 aliphatic rings. The molecule has 0 aromatic carbocycles. The predicted molar refractivity (Wildman–Crippen MR) is 146 cm³/mol. The van der Waals surface area contributed by atoms with Gasteiger partial charge >= 0.3 is 42.8 Å². The van der Waals surface area contributed by atoms with Crippen LogP contribution in [0.15, 0.2) is 0 Å². The Morgan fingerprint density at radius 2 is 0.457 bits per heavy atom. The van der Waals surface area contributed by atoms with Crippen molar-refractivity contribution in [3.63, 3.8) is 0 Å². The summed E-state index contributed by atoms with van der Waals surface area (Å²) in [5.74, 6) is 0. The molecule has 1 aliphatic heterocycles. The van der Waals surface area contributed by atoms with Crippen LogP contribution in [-0.4, -0.2) is 107 Å². The van der Waals surface area contributed by atoms with Crippen molar-refractivity contribution in [3.8, 4) is 0 Å². The van der Waals surface area contributed by atoms with Gasteiger partial charge in [0, 0.05) is 35.5 Å². The quantitative estimate of drug-likeness (QED) is 0.353. The Hall–Kier alpha value is 0.684. The van der Waals surface area contributed by atoms with Gasteiger partial charge in [0.25, 0.3) is 0 Å². The molecule has 0 radical (unpaired) electrons. The van der Waals surface area contributed by atoms with E-state index >= 15 is 0 Å². The van der Waals surface area contributed by atoms with Crippen LogP contribution >= 0.6 is 0 Å². The maximum Gasteiger partial charge on any atom is 0.347 e. The molecule has 0 aromatic rings. The number of hydrogen-bond acceptors (Lipinski definition) is 10. The summed E-state index contributed by atoms with van der Waals surface area (Å²) in [5, 5.41) is 0. The molecule has 1 saturated heterocycles. The highest BCUT2D eigenvalue weighted by Crippen LogP contribution is 2.38. The summed E-state index contributed by atoms with van der Waals surface area (Å²) in [6, 6.07) is 0. The lowest BCUT2D eigenvalue weighted by Gasteiger charge is -2.53. The fourth-order valence-electron chi connectivity index (χ4n) is 4.02. The highest BCUT2D eigenvalue weighted by molar-refractivity contribution is 6.95. The second kappa shape index (κ2) is 12.7. The van der Waals surface area contributed by atoms with Crippen molar-refractivity contribution in [1.82, 2.24) is 0 Å². The molecule has 0 N–H and O–H groups in total. The van der Waals surface area contributed by atoms with Gasteiger partial charge in [-0.3, -0.25) is 0 Å². The molecule has 5 unspecified atom stereocenters. The van der Waals surface area contributed by atoms with Crippen LogP contribution in [0.4, 0.5) is 0 Å². The molecule has 0 amide bonds. The van der Waals surface area contributed by atoms with Crippen molar-refractivity contribution < 1.29 is 44.3 Å². The van der Waals surface area contributed by atoms with E-state index in [1.807, 2.05) is 67.4 Å². The van der Waals surface area contributed by atoms with E-state index in [4.69, 9.17) is 44.3 Å². The monoisotopic (exact) mass is 590 g/mol. The van der Waals surface area contributed by atoms with Crippen LogP contribution in [0.25, 0.3) is 0 Å². The van der Waals surface area contributed by atoms with E-state index in [1.165, 1.54) is 0 Å². The lowest BCUT2D eigenvalue weighted by molar-refractivity contribution is 0.0647. The van der Waals surface area contributed by atoms with Crippen molar-refractivity contribution in [3.05, 3.63) is 0 Å². The first kappa shape index (κ1) is 33.7. The molecule has 15 heteroatoms. The SMILES string of the molecule is COC(C)[Si]1(C)O[Si](C)(C(C)OC)O[Si](C)(C(C)OC)O[Si](C)(C(C)OC)O[Si](C)(C(C)OC)O1. The number of ether oxygens (including phenoxy) is 5. The standard InChI is InChI=1S/C20H50O10Si5/c1-16(21-6)31(11)26-32(12,17(2)22-7)28-34(14,19(4)24-9)30-35(15,20(5)25-10)29-33(13,27-31)18(3)23-8/h16-20H,1-15H3. The molecule has 0 aromatic heterocycles. The first-order valence-electron chi connectivity index (χ1n) is 12.1. The van der Waals surface area contributed by atoms with Crippen molar-refractivity contribution in [2.45, 2.75) is 96.0 Å². The van der Waals surface area contributed by atoms with Crippen LogP contribution in [0, 0.1) is 0 Å². The van der Waals surface area contributed by atoms with Crippen molar-refractivity contribution in [2.24, 2.45) is 0 Å². The van der Waals surface area contributed by atoms with Gasteiger partial charge in [-0.2, -0.15) is 0 Å². The fourth-order valence-corrected chi connectivity index (χ4v) is 31.6. The van der Waals surface area contributed by atoms with E-state index in [0.717, 1.165) is 0 Å². The van der Waals surface area contributed by atoms with Crippen LogP contribution < -0.4 is 0 Å². The van der Waals surface area contributed by atoms with Gasteiger partial charge in [0.2, 0.25) is 0 Å². The largest absolute Gasteiger partial charge is 0.413 e. The number of hydrogen-bond donors (Lipinski definition) is 0. The van der Waals surface area contributed by atoms with Crippen LogP contribution in [0.1, 0.15) is 34.6 Å². The van der Waals surface area contributed by atoms with Crippen LogP contribution in [0.2, 0.25) is 32.7 Å². The van der Waals surface area contributed by atoms with Gasteiger partial charge in [0.05, 0.1) is 28.6 Å². The summed E-state index contributed by atoms with van der Waals surface area (Å²) < 4.78 is 64.1. The smallest absolute Gasteiger partial charge is 0.347 e. The van der Waals surface area contributed by atoms with Gasteiger partial charge < -0.3 is 44.3 Å². The molecule has 1 fully saturated rings. The first-order chi connectivity index (χ1) is 15.9. The van der Waals surface area contributed by atoms with Crippen molar-refractivity contribution >= 4 is 42.8 Å². The molecule has 1 heterocycles. The average Bonchev–Trinajstić information content (AvgIpc) is 2.79. The Bertz CT molecular complexity index is 537. The summed E-state index contributed by atoms with van der Waals surface area (Å²) in [5.41, 5.74) is -1.59. The highest BCUT2D eigenvalue weighted by Gasteiger charge is 2.64. The Labute approximate surface area is 218 Å². The Morgan fingerprint density at radius 1 is 0.343 bits per heavy atom. The van der Waals surface area contributed by atoms with Gasteiger partial charge in [0.15, 0.2) is 0 Å². The topological polar surface area (TPSA) is 92.3 Å². The number of rotatable bonds is 10. The zero-order valence-electron chi connectivity index (χ0n) is 24.5. The molecular formula is C20H50O10Si5. The van der Waals surface area contributed by atoms with Crippen molar-refractivity contribution in [1.29, 1.82) is 0 Å². The first-order valence-corrected chi connectivity index (χ1v) is 24.1. The third kappa shape index (κ3) is 7.42. The van der Waals surface area contributed by atoms with Crippen LogP contribution in [0.5, 0.6) is 0 Å². The molecule has 0 aliphatic carbocycles. The minimum absolute atomic E-state index is 0.317. The second-order valence-electron chi connectivity index (χ2n) is 9.98. The van der Waals surface area contributed by atoms with Gasteiger partial charge in [0.1, 0.15) is 0 Å². The van der Waals surface area contributed by atoms with Gasteiger partial charge in [-0.25, -0.2) is 0 Å². The van der Waals surface area contributed by atoms with E-state index < -0.39 is 42.8 Å². The minimum atomic E-state index is -3.12. The van der Waals surface area contributed by atoms with Crippen LogP contribution in [-0.2, 0) is 44.3 Å². The van der Waals surface area contributed by atoms with E-state index in [-0.39, 0.29) is 28.6 Å². The van der Waals surface area contributed by atoms with Crippen LogP contribution in [0.3, 0.4) is 0 Å². The molecule has 35 heavy (non-hydrogen) atoms. The fraction of sp³-hybridized carbons (Fsp3) is 1.00. The summed E-state index contributed by atoms with van der Waals surface area (Å²) in [6.45, 7) is 19.9. The molecule has 10 nitrogen and oxygen atoms in total. The molecular weight excluding hydrogens is 541 g/mol. The molecule has 5 atom stereocenters. The van der Waals surface area contributed by atoms with E-state index in [9.17, 15) is 0 Å². The summed E-state index contributed by atoms with van der Waals surface area (Å²) >= 11 is 0. The summed E-state index contributed by atoms with van der Waals surface area (Å²) in [6.07, 6.45) is 0. The predicted octanol–water partition coefficient (Wildman–Crippen LogP) is 3.31. The maximum absolute atomic E-state index is 7.01. The molecule has 1 rings (SSSR count). The van der Waals surface area contributed by atoms with E-state index in [0.29, 0.717) is 0 Å². The Kier molecular flexibility index (Phi) is 12.2. The zero-order valence-corrected chi connectivity index (χ0v) is 29.5. The van der Waals surface area contributed by atoms with E-state index in [2.05, 4.69) is 0 Å². The highest BCUT2D eigenvalue weighted by atomic mass is 28.5. The lowest BCUT2D eigenvalue weighted by atomic mass is 10.9. The van der Waals surface area contributed by atoms with Gasteiger partial charge in [-0.15, -0.1) is 0 Å². The molecule has 0 spiro atoms. The zero-order chi connectivity index (χ0) is 27.5. The normalized spacial score (nSPS) is 41.6. The minimum Gasteiger partial charge on any atom is -0.413 e. The maximum atomic E-state index is 7.01. The average molecular weight is 591 g/mol.